The van der Waals surface area contributed by atoms with Crippen LogP contribution in [0.5, 0.6) is 11.5 Å². The van der Waals surface area contributed by atoms with Gasteiger partial charge in [0.15, 0.2) is 11.5 Å². The summed E-state index contributed by atoms with van der Waals surface area (Å²) in [6, 6.07) is 13.3. The van der Waals surface area contributed by atoms with Gasteiger partial charge in [-0.05, 0) is 24.6 Å². The number of thiazole rings is 1. The van der Waals surface area contributed by atoms with Crippen molar-refractivity contribution in [2.45, 2.75) is 6.92 Å². The Morgan fingerprint density at radius 3 is 2.50 bits per heavy atom. The lowest BCUT2D eigenvalue weighted by atomic mass is 10.0. The number of carbonyl (C=O) groups is 1. The first kappa shape index (κ1) is 16.2. The Morgan fingerprint density at radius 1 is 1.08 bits per heavy atom. The molecule has 1 aromatic heterocycles. The normalized spacial score (nSPS) is 10.5. The first-order valence-corrected chi connectivity index (χ1v) is 8.30. The van der Waals surface area contributed by atoms with E-state index in [4.69, 9.17) is 9.47 Å². The number of hydrogen-bond donors (Lipinski definition) is 0. The number of methoxy groups -OCH3 is 2. The van der Waals surface area contributed by atoms with Gasteiger partial charge in [-0.2, -0.15) is 0 Å². The Morgan fingerprint density at radius 2 is 1.83 bits per heavy atom. The highest BCUT2D eigenvalue weighted by Gasteiger charge is 2.18. The van der Waals surface area contributed by atoms with Crippen LogP contribution in [-0.4, -0.2) is 25.0 Å². The zero-order valence-electron chi connectivity index (χ0n) is 13.7. The van der Waals surface area contributed by atoms with E-state index in [0.29, 0.717) is 22.8 Å². The first-order valence-electron chi connectivity index (χ1n) is 7.42. The molecule has 0 aliphatic carbocycles. The van der Waals surface area contributed by atoms with Gasteiger partial charge in [-0.25, -0.2) is 4.98 Å². The van der Waals surface area contributed by atoms with Gasteiger partial charge in [-0.3, -0.25) is 4.79 Å². The Kier molecular flexibility index (Phi) is 4.62. The van der Waals surface area contributed by atoms with Crippen molar-refractivity contribution in [3.8, 4) is 22.1 Å². The van der Waals surface area contributed by atoms with Crippen LogP contribution in [0.2, 0.25) is 0 Å². The van der Waals surface area contributed by atoms with E-state index in [-0.39, 0.29) is 5.78 Å². The van der Waals surface area contributed by atoms with E-state index in [9.17, 15) is 4.79 Å². The molecule has 0 aliphatic rings. The van der Waals surface area contributed by atoms with Crippen molar-refractivity contribution >= 4 is 17.1 Å². The second-order valence-corrected chi connectivity index (χ2v) is 6.12. The second-order valence-electron chi connectivity index (χ2n) is 5.26. The number of aryl methyl sites for hydroxylation is 1. The van der Waals surface area contributed by atoms with E-state index in [0.717, 1.165) is 16.1 Å². The molecule has 1 heterocycles. The van der Waals surface area contributed by atoms with Gasteiger partial charge < -0.3 is 9.47 Å². The number of aromatic nitrogens is 1. The summed E-state index contributed by atoms with van der Waals surface area (Å²) in [5, 5.41) is 2.62. The lowest BCUT2D eigenvalue weighted by Gasteiger charge is -2.11. The Bertz CT molecular complexity index is 872. The summed E-state index contributed by atoms with van der Waals surface area (Å²) in [6.45, 7) is 1.88. The maximum atomic E-state index is 12.8. The summed E-state index contributed by atoms with van der Waals surface area (Å²) in [7, 11) is 3.14. The van der Waals surface area contributed by atoms with Crippen molar-refractivity contribution in [1.29, 1.82) is 0 Å². The van der Waals surface area contributed by atoms with E-state index in [1.54, 1.807) is 31.7 Å². The topological polar surface area (TPSA) is 48.4 Å². The predicted molar refractivity (Wildman–Crippen MR) is 95.3 cm³/mol. The molecule has 5 heteroatoms. The van der Waals surface area contributed by atoms with Crippen molar-refractivity contribution < 1.29 is 14.3 Å². The van der Waals surface area contributed by atoms with Crippen molar-refractivity contribution in [2.75, 3.05) is 14.2 Å². The molecule has 3 rings (SSSR count). The van der Waals surface area contributed by atoms with Gasteiger partial charge in [0.05, 0.1) is 14.2 Å². The van der Waals surface area contributed by atoms with Crippen LogP contribution in [0.1, 0.15) is 21.6 Å². The fourth-order valence-electron chi connectivity index (χ4n) is 2.53. The lowest BCUT2D eigenvalue weighted by Crippen LogP contribution is -2.04. The van der Waals surface area contributed by atoms with Crippen molar-refractivity contribution in [3.05, 3.63) is 64.7 Å². The molecule has 0 saturated heterocycles. The van der Waals surface area contributed by atoms with Crippen LogP contribution in [0.3, 0.4) is 0 Å². The zero-order chi connectivity index (χ0) is 17.1. The van der Waals surface area contributed by atoms with Gasteiger partial charge in [0, 0.05) is 16.5 Å². The third-order valence-electron chi connectivity index (χ3n) is 3.68. The van der Waals surface area contributed by atoms with Gasteiger partial charge in [0.1, 0.15) is 10.7 Å². The molecule has 0 fully saturated rings. The smallest absolute Gasteiger partial charge is 0.212 e. The molecule has 0 atom stereocenters. The maximum absolute atomic E-state index is 12.8. The minimum atomic E-state index is -0.127. The number of ketones is 1. The van der Waals surface area contributed by atoms with Crippen LogP contribution in [0.4, 0.5) is 0 Å². The average molecular weight is 339 g/mol. The largest absolute Gasteiger partial charge is 0.493 e. The minimum absolute atomic E-state index is 0.127. The predicted octanol–water partition coefficient (Wildman–Crippen LogP) is 4.37. The number of ether oxygens (including phenoxy) is 2. The van der Waals surface area contributed by atoms with Gasteiger partial charge in [0.2, 0.25) is 5.78 Å². The standard InChI is InChI=1S/C19H17NO3S/c1-12-9-14(10-16(22-2)18(12)23-3)17(21)15-11-24-19(20-15)13-7-5-4-6-8-13/h4-11H,1-3H3. The van der Waals surface area contributed by atoms with E-state index in [1.807, 2.05) is 37.3 Å². The van der Waals surface area contributed by atoms with Crippen molar-refractivity contribution in [1.82, 2.24) is 4.98 Å². The maximum Gasteiger partial charge on any atom is 0.212 e. The molecule has 0 N–H and O–H groups in total. The van der Waals surface area contributed by atoms with Crippen LogP contribution in [-0.2, 0) is 0 Å². The second kappa shape index (κ2) is 6.84. The van der Waals surface area contributed by atoms with Gasteiger partial charge >= 0.3 is 0 Å². The Balaban J connectivity index is 1.95. The van der Waals surface area contributed by atoms with E-state index < -0.39 is 0 Å². The summed E-state index contributed by atoms with van der Waals surface area (Å²) in [5.41, 5.74) is 2.82. The molecular weight excluding hydrogens is 322 g/mol. The number of benzene rings is 2. The SMILES string of the molecule is COc1cc(C(=O)c2csc(-c3ccccc3)n2)cc(C)c1OC. The Labute approximate surface area is 144 Å². The summed E-state index contributed by atoms with van der Waals surface area (Å²) >= 11 is 1.46. The third kappa shape index (κ3) is 3.03. The van der Waals surface area contributed by atoms with Crippen LogP contribution in [0.25, 0.3) is 10.6 Å². The highest BCUT2D eigenvalue weighted by molar-refractivity contribution is 7.13. The number of carbonyl (C=O) groups excluding carboxylic acids is 1. The number of nitrogens with zero attached hydrogens (tertiary/aromatic N) is 1. The molecule has 0 unspecified atom stereocenters. The van der Waals surface area contributed by atoms with Crippen LogP contribution in [0, 0.1) is 6.92 Å². The molecule has 4 nitrogen and oxygen atoms in total. The molecular formula is C19H17NO3S. The lowest BCUT2D eigenvalue weighted by molar-refractivity contribution is 0.103. The average Bonchev–Trinajstić information content (AvgIpc) is 3.11. The molecule has 0 aliphatic heterocycles. The monoisotopic (exact) mass is 339 g/mol. The summed E-state index contributed by atoms with van der Waals surface area (Å²) in [6.07, 6.45) is 0. The van der Waals surface area contributed by atoms with Crippen LogP contribution in [0.15, 0.2) is 47.8 Å². The molecule has 24 heavy (non-hydrogen) atoms. The van der Waals surface area contributed by atoms with E-state index in [1.165, 1.54) is 11.3 Å². The number of hydrogen-bond acceptors (Lipinski definition) is 5. The fraction of sp³-hybridized carbons (Fsp3) is 0.158. The summed E-state index contributed by atoms with van der Waals surface area (Å²) < 4.78 is 10.6. The summed E-state index contributed by atoms with van der Waals surface area (Å²) in [5.74, 6) is 1.05. The molecule has 0 saturated carbocycles. The number of rotatable bonds is 5. The highest BCUT2D eigenvalue weighted by atomic mass is 32.1. The van der Waals surface area contributed by atoms with Crippen molar-refractivity contribution in [3.63, 3.8) is 0 Å². The highest BCUT2D eigenvalue weighted by Crippen LogP contribution is 2.33. The third-order valence-corrected chi connectivity index (χ3v) is 4.58. The molecule has 2 aromatic carbocycles. The van der Waals surface area contributed by atoms with Gasteiger partial charge in [0.25, 0.3) is 0 Å². The minimum Gasteiger partial charge on any atom is -0.493 e. The molecule has 3 aromatic rings. The first-order chi connectivity index (χ1) is 11.6. The molecule has 0 bridgehead atoms. The molecule has 0 radical (unpaired) electrons. The van der Waals surface area contributed by atoms with Crippen molar-refractivity contribution in [2.24, 2.45) is 0 Å². The quantitative estimate of drug-likeness (QED) is 0.648. The Hall–Kier alpha value is -2.66. The molecule has 0 amide bonds. The van der Waals surface area contributed by atoms with E-state index in [2.05, 4.69) is 4.98 Å². The summed E-state index contributed by atoms with van der Waals surface area (Å²) in [4.78, 5) is 17.2. The molecule has 122 valence electrons. The molecule has 0 spiro atoms. The van der Waals surface area contributed by atoms with Crippen LogP contribution < -0.4 is 9.47 Å². The van der Waals surface area contributed by atoms with Gasteiger partial charge in [-0.1, -0.05) is 30.3 Å². The van der Waals surface area contributed by atoms with E-state index >= 15 is 0 Å². The zero-order valence-corrected chi connectivity index (χ0v) is 14.5. The van der Waals surface area contributed by atoms with Gasteiger partial charge in [-0.15, -0.1) is 11.3 Å². The van der Waals surface area contributed by atoms with Crippen LogP contribution >= 0.6 is 11.3 Å². The fourth-order valence-corrected chi connectivity index (χ4v) is 3.33.